The van der Waals surface area contributed by atoms with Gasteiger partial charge in [-0.15, -0.1) is 0 Å². The summed E-state index contributed by atoms with van der Waals surface area (Å²) < 4.78 is 6.50. The third-order valence-electron chi connectivity index (χ3n) is 5.92. The lowest BCUT2D eigenvalue weighted by atomic mass is 10.0. The van der Waals surface area contributed by atoms with Gasteiger partial charge in [-0.2, -0.15) is 0 Å². The van der Waals surface area contributed by atoms with Crippen molar-refractivity contribution in [2.45, 2.75) is 31.7 Å². The van der Waals surface area contributed by atoms with Gasteiger partial charge in [0.1, 0.15) is 18.4 Å². The number of piperidine rings is 1. The first-order valence-corrected chi connectivity index (χ1v) is 12.5. The van der Waals surface area contributed by atoms with Crippen LogP contribution >= 0.6 is 22.6 Å². The molecule has 2 aromatic rings. The normalized spacial score (nSPS) is 16.7. The molecule has 0 spiro atoms. The van der Waals surface area contributed by atoms with Crippen molar-refractivity contribution in [2.24, 2.45) is 5.11 Å². The highest BCUT2D eigenvalue weighted by molar-refractivity contribution is 14.1. The molecule has 0 radical (unpaired) electrons. The number of carbonyl (C=O) groups excluding carboxylic acids is 5. The standard InChI is InChI=1S/C24H21IN6O6/c25-15-12-13(4-6-16(15)29-30-26)5-8-19(32)27-10-11-37-18-3-1-2-14-21(18)24(36)31(23(14)35)17-7-9-20(33)28-22(17)34/h1-4,6,12,17H,5,7-11H2,(H,27,32)(H,28,33,34). The van der Waals surface area contributed by atoms with Gasteiger partial charge in [-0.25, -0.2) is 0 Å². The van der Waals surface area contributed by atoms with Gasteiger partial charge in [0.2, 0.25) is 17.7 Å². The van der Waals surface area contributed by atoms with Gasteiger partial charge in [0.05, 0.1) is 23.4 Å². The van der Waals surface area contributed by atoms with E-state index >= 15 is 0 Å². The minimum atomic E-state index is -1.06. The molecule has 2 aliphatic heterocycles. The zero-order chi connectivity index (χ0) is 26.5. The Bertz CT molecular complexity index is 1360. The number of ether oxygens (including phenoxy) is 1. The lowest BCUT2D eigenvalue weighted by Gasteiger charge is -2.27. The molecule has 12 nitrogen and oxygen atoms in total. The maximum atomic E-state index is 13.1. The minimum Gasteiger partial charge on any atom is -0.491 e. The maximum Gasteiger partial charge on any atom is 0.266 e. The number of nitrogens with one attached hydrogen (secondary N) is 2. The Labute approximate surface area is 224 Å². The van der Waals surface area contributed by atoms with Gasteiger partial charge >= 0.3 is 0 Å². The molecule has 190 valence electrons. The maximum absolute atomic E-state index is 13.1. The lowest BCUT2D eigenvalue weighted by molar-refractivity contribution is -0.136. The Morgan fingerprint density at radius 1 is 1.22 bits per heavy atom. The Morgan fingerprint density at radius 3 is 2.76 bits per heavy atom. The van der Waals surface area contributed by atoms with Gasteiger partial charge in [0.25, 0.3) is 11.8 Å². The number of aryl methyl sites for hydroxylation is 1. The third kappa shape index (κ3) is 5.73. The number of rotatable bonds is 9. The molecule has 0 bridgehead atoms. The van der Waals surface area contributed by atoms with E-state index in [2.05, 4.69) is 43.3 Å². The molecule has 5 amide bonds. The monoisotopic (exact) mass is 616 g/mol. The van der Waals surface area contributed by atoms with Crippen LogP contribution in [0.2, 0.25) is 0 Å². The smallest absolute Gasteiger partial charge is 0.266 e. The van der Waals surface area contributed by atoms with Crippen LogP contribution in [0.1, 0.15) is 45.5 Å². The van der Waals surface area contributed by atoms with Crippen LogP contribution in [-0.2, 0) is 20.8 Å². The van der Waals surface area contributed by atoms with Crippen molar-refractivity contribution in [3.05, 3.63) is 67.1 Å². The van der Waals surface area contributed by atoms with Gasteiger partial charge in [0.15, 0.2) is 0 Å². The largest absolute Gasteiger partial charge is 0.491 e. The first-order valence-electron chi connectivity index (χ1n) is 11.4. The van der Waals surface area contributed by atoms with E-state index in [1.807, 2.05) is 6.07 Å². The van der Waals surface area contributed by atoms with Crippen molar-refractivity contribution >= 4 is 57.8 Å². The molecule has 1 saturated heterocycles. The van der Waals surface area contributed by atoms with Crippen LogP contribution < -0.4 is 15.4 Å². The van der Waals surface area contributed by atoms with E-state index < -0.39 is 29.7 Å². The predicted octanol–water partition coefficient (Wildman–Crippen LogP) is 2.76. The molecule has 2 aliphatic rings. The summed E-state index contributed by atoms with van der Waals surface area (Å²) in [5.41, 5.74) is 10.2. The molecular weight excluding hydrogens is 595 g/mol. The first kappa shape index (κ1) is 26.1. The quantitative estimate of drug-likeness (QED) is 0.110. The second-order valence-corrected chi connectivity index (χ2v) is 9.46. The number of hydrogen-bond donors (Lipinski definition) is 2. The second kappa shape index (κ2) is 11.4. The highest BCUT2D eigenvalue weighted by Gasteiger charge is 2.45. The molecule has 0 aliphatic carbocycles. The minimum absolute atomic E-state index is 0.0349. The van der Waals surface area contributed by atoms with E-state index in [4.69, 9.17) is 10.3 Å². The molecule has 2 N–H and O–H groups in total. The number of benzene rings is 2. The van der Waals surface area contributed by atoms with Crippen LogP contribution in [0.15, 0.2) is 41.5 Å². The molecular formula is C24H21IN6O6. The summed E-state index contributed by atoms with van der Waals surface area (Å²) in [6, 6.07) is 8.89. The number of carbonyl (C=O) groups is 5. The number of imide groups is 2. The van der Waals surface area contributed by atoms with E-state index in [0.29, 0.717) is 12.1 Å². The van der Waals surface area contributed by atoms with Gasteiger partial charge in [-0.1, -0.05) is 23.3 Å². The Balaban J connectivity index is 1.30. The number of azide groups is 1. The summed E-state index contributed by atoms with van der Waals surface area (Å²) >= 11 is 2.07. The second-order valence-electron chi connectivity index (χ2n) is 8.30. The van der Waals surface area contributed by atoms with Crippen molar-refractivity contribution in [2.75, 3.05) is 13.2 Å². The SMILES string of the molecule is [N-]=[N+]=Nc1ccc(CCC(=O)NCCOc2cccc3c2C(=O)N(C2CCC(=O)NC2=O)C3=O)cc1I. The van der Waals surface area contributed by atoms with E-state index in [0.717, 1.165) is 14.0 Å². The highest BCUT2D eigenvalue weighted by Crippen LogP contribution is 2.33. The fourth-order valence-electron chi connectivity index (χ4n) is 4.14. The van der Waals surface area contributed by atoms with E-state index in [9.17, 15) is 24.0 Å². The average molecular weight is 616 g/mol. The molecule has 0 saturated carbocycles. The van der Waals surface area contributed by atoms with Gasteiger partial charge in [-0.05, 0) is 64.7 Å². The third-order valence-corrected chi connectivity index (χ3v) is 6.78. The molecule has 0 aromatic heterocycles. The van der Waals surface area contributed by atoms with E-state index in [-0.39, 0.29) is 55.2 Å². The predicted molar refractivity (Wildman–Crippen MR) is 138 cm³/mol. The molecule has 37 heavy (non-hydrogen) atoms. The van der Waals surface area contributed by atoms with Crippen LogP contribution in [0.3, 0.4) is 0 Å². The summed E-state index contributed by atoms with van der Waals surface area (Å²) in [6.45, 7) is 0.232. The van der Waals surface area contributed by atoms with E-state index in [1.165, 1.54) is 6.07 Å². The van der Waals surface area contributed by atoms with Crippen molar-refractivity contribution in [1.82, 2.24) is 15.5 Å². The molecule has 1 fully saturated rings. The van der Waals surface area contributed by atoms with E-state index in [1.54, 1.807) is 24.3 Å². The number of hydrogen-bond acceptors (Lipinski definition) is 7. The van der Waals surface area contributed by atoms with Crippen molar-refractivity contribution in [3.63, 3.8) is 0 Å². The number of halogens is 1. The highest BCUT2D eigenvalue weighted by atomic mass is 127. The van der Waals surface area contributed by atoms with Gasteiger partial charge in [0, 0.05) is 21.3 Å². The van der Waals surface area contributed by atoms with Crippen molar-refractivity contribution < 1.29 is 28.7 Å². The number of amides is 5. The molecule has 2 heterocycles. The number of fused-ring (bicyclic) bond motifs is 1. The average Bonchev–Trinajstić information content (AvgIpc) is 3.12. The molecule has 1 unspecified atom stereocenters. The summed E-state index contributed by atoms with van der Waals surface area (Å²) in [7, 11) is 0. The first-order chi connectivity index (χ1) is 17.8. The Morgan fingerprint density at radius 2 is 2.03 bits per heavy atom. The summed E-state index contributed by atoms with van der Waals surface area (Å²) in [6.07, 6.45) is 0.840. The summed E-state index contributed by atoms with van der Waals surface area (Å²) in [4.78, 5) is 65.5. The molecule has 13 heteroatoms. The van der Waals surface area contributed by atoms with Gasteiger partial charge in [-0.3, -0.25) is 34.2 Å². The van der Waals surface area contributed by atoms with Crippen molar-refractivity contribution in [3.8, 4) is 5.75 Å². The fraction of sp³-hybridized carbons (Fsp3) is 0.292. The Hall–Kier alpha value is -3.97. The van der Waals surface area contributed by atoms with Gasteiger partial charge < -0.3 is 10.1 Å². The van der Waals surface area contributed by atoms with Crippen molar-refractivity contribution in [1.29, 1.82) is 0 Å². The molecule has 2 aromatic carbocycles. The summed E-state index contributed by atoms with van der Waals surface area (Å²) in [5.74, 6) is -2.41. The molecule has 4 rings (SSSR count). The zero-order valence-corrected chi connectivity index (χ0v) is 21.6. The zero-order valence-electron chi connectivity index (χ0n) is 19.4. The number of nitrogens with zero attached hydrogens (tertiary/aromatic N) is 4. The Kier molecular flexibility index (Phi) is 8.04. The topological polar surface area (TPSA) is 171 Å². The lowest BCUT2D eigenvalue weighted by Crippen LogP contribution is -2.54. The van der Waals surface area contributed by atoms with Crippen LogP contribution in [-0.4, -0.2) is 53.6 Å². The van der Waals surface area contributed by atoms with Crippen LogP contribution in [0, 0.1) is 3.57 Å². The summed E-state index contributed by atoms with van der Waals surface area (Å²) in [5, 5.41) is 8.50. The van der Waals surface area contributed by atoms with Crippen LogP contribution in [0.5, 0.6) is 5.75 Å². The van der Waals surface area contributed by atoms with Crippen LogP contribution in [0.25, 0.3) is 10.4 Å². The molecule has 1 atom stereocenters. The fourth-order valence-corrected chi connectivity index (χ4v) is 4.82. The van der Waals surface area contributed by atoms with Crippen LogP contribution in [0.4, 0.5) is 5.69 Å².